The van der Waals surface area contributed by atoms with E-state index in [0.29, 0.717) is 30.3 Å². The standard InChI is InChI=1S/C12H16N2O5/c1-16-9-4-8(5-10-11(9)19-7-18-10)6-14-2-3-17-12(13)15/h4-5,14H,2-3,6-7H2,1H3,(H2,13,15). The summed E-state index contributed by atoms with van der Waals surface area (Å²) in [6.07, 6.45) is -0.772. The van der Waals surface area contributed by atoms with E-state index in [1.165, 1.54) is 0 Å². The fourth-order valence-electron chi connectivity index (χ4n) is 1.74. The molecular weight excluding hydrogens is 252 g/mol. The van der Waals surface area contributed by atoms with E-state index in [1.807, 2.05) is 12.1 Å². The van der Waals surface area contributed by atoms with Crippen LogP contribution in [-0.4, -0.2) is 33.1 Å². The molecule has 0 atom stereocenters. The summed E-state index contributed by atoms with van der Waals surface area (Å²) in [5.41, 5.74) is 5.84. The van der Waals surface area contributed by atoms with Crippen LogP contribution in [0.5, 0.6) is 17.2 Å². The molecule has 104 valence electrons. The number of methoxy groups -OCH3 is 1. The SMILES string of the molecule is COc1cc(CNCCOC(N)=O)cc2c1OCO2. The largest absolute Gasteiger partial charge is 0.493 e. The first-order chi connectivity index (χ1) is 9.20. The van der Waals surface area contributed by atoms with Crippen LogP contribution in [0.15, 0.2) is 12.1 Å². The average molecular weight is 268 g/mol. The molecule has 2 rings (SSSR count). The zero-order valence-electron chi connectivity index (χ0n) is 10.6. The molecule has 1 aromatic rings. The van der Waals surface area contributed by atoms with Crippen molar-refractivity contribution in [2.45, 2.75) is 6.54 Å². The normalized spacial score (nSPS) is 12.3. The molecule has 1 aliphatic rings. The Hall–Kier alpha value is -2.15. The van der Waals surface area contributed by atoms with E-state index in [-0.39, 0.29) is 13.4 Å². The van der Waals surface area contributed by atoms with E-state index in [9.17, 15) is 4.79 Å². The number of carbonyl (C=O) groups excluding carboxylic acids is 1. The van der Waals surface area contributed by atoms with Gasteiger partial charge in [0.25, 0.3) is 0 Å². The number of benzene rings is 1. The molecule has 1 heterocycles. The van der Waals surface area contributed by atoms with Gasteiger partial charge in [0.05, 0.1) is 7.11 Å². The number of rotatable bonds is 6. The Morgan fingerprint density at radius 1 is 1.47 bits per heavy atom. The molecule has 0 unspecified atom stereocenters. The zero-order chi connectivity index (χ0) is 13.7. The molecule has 1 aliphatic heterocycles. The third-order valence-electron chi connectivity index (χ3n) is 2.57. The van der Waals surface area contributed by atoms with Gasteiger partial charge in [-0.1, -0.05) is 0 Å². The van der Waals surface area contributed by atoms with Crippen molar-refractivity contribution >= 4 is 6.09 Å². The van der Waals surface area contributed by atoms with Crippen LogP contribution in [0.3, 0.4) is 0 Å². The van der Waals surface area contributed by atoms with E-state index in [0.717, 1.165) is 5.56 Å². The number of hydrogen-bond acceptors (Lipinski definition) is 6. The topological polar surface area (TPSA) is 92.0 Å². The number of carbonyl (C=O) groups is 1. The summed E-state index contributed by atoms with van der Waals surface area (Å²) in [7, 11) is 1.58. The summed E-state index contributed by atoms with van der Waals surface area (Å²) in [6.45, 7) is 1.54. The molecule has 7 heteroatoms. The van der Waals surface area contributed by atoms with Crippen LogP contribution in [0, 0.1) is 0 Å². The van der Waals surface area contributed by atoms with Gasteiger partial charge in [-0.2, -0.15) is 0 Å². The van der Waals surface area contributed by atoms with Crippen molar-refractivity contribution in [1.82, 2.24) is 5.32 Å². The van der Waals surface area contributed by atoms with E-state index in [4.69, 9.17) is 19.9 Å². The molecule has 1 aromatic carbocycles. The van der Waals surface area contributed by atoms with Crippen molar-refractivity contribution < 1.29 is 23.7 Å². The molecule has 7 nitrogen and oxygen atoms in total. The van der Waals surface area contributed by atoms with Crippen LogP contribution in [0.25, 0.3) is 0 Å². The van der Waals surface area contributed by atoms with Gasteiger partial charge in [-0.05, 0) is 17.7 Å². The lowest BCUT2D eigenvalue weighted by molar-refractivity contribution is 0.157. The minimum atomic E-state index is -0.772. The fourth-order valence-corrected chi connectivity index (χ4v) is 1.74. The molecule has 0 spiro atoms. The minimum Gasteiger partial charge on any atom is -0.493 e. The molecule has 0 aliphatic carbocycles. The maximum absolute atomic E-state index is 10.4. The Bertz CT molecular complexity index is 464. The molecule has 0 radical (unpaired) electrons. The number of primary amides is 1. The van der Waals surface area contributed by atoms with Gasteiger partial charge in [0.15, 0.2) is 11.5 Å². The van der Waals surface area contributed by atoms with Crippen molar-refractivity contribution in [3.8, 4) is 17.2 Å². The first kappa shape index (κ1) is 13.3. The Morgan fingerprint density at radius 3 is 3.05 bits per heavy atom. The van der Waals surface area contributed by atoms with Crippen molar-refractivity contribution in [3.05, 3.63) is 17.7 Å². The van der Waals surface area contributed by atoms with Crippen LogP contribution in [-0.2, 0) is 11.3 Å². The van der Waals surface area contributed by atoms with Gasteiger partial charge < -0.3 is 30.0 Å². The first-order valence-corrected chi connectivity index (χ1v) is 5.80. The lowest BCUT2D eigenvalue weighted by atomic mass is 10.2. The molecular formula is C12H16N2O5. The summed E-state index contributed by atoms with van der Waals surface area (Å²) in [6, 6.07) is 3.75. The Balaban J connectivity index is 1.89. The fraction of sp³-hybridized carbons (Fsp3) is 0.417. The molecule has 0 fully saturated rings. The van der Waals surface area contributed by atoms with Gasteiger partial charge in [-0.25, -0.2) is 4.79 Å². The molecule has 0 saturated carbocycles. The van der Waals surface area contributed by atoms with Crippen molar-refractivity contribution in [1.29, 1.82) is 0 Å². The number of fused-ring (bicyclic) bond motifs is 1. The quantitative estimate of drug-likeness (QED) is 0.734. The molecule has 1 amide bonds. The van der Waals surface area contributed by atoms with E-state index >= 15 is 0 Å². The predicted molar refractivity (Wildman–Crippen MR) is 66.4 cm³/mol. The molecule has 0 aromatic heterocycles. The number of amides is 1. The van der Waals surface area contributed by atoms with Gasteiger partial charge in [0, 0.05) is 13.1 Å². The molecule has 0 bridgehead atoms. The lowest BCUT2D eigenvalue weighted by Gasteiger charge is -2.09. The second-order valence-corrected chi connectivity index (χ2v) is 3.88. The average Bonchev–Trinajstić information content (AvgIpc) is 2.85. The van der Waals surface area contributed by atoms with Crippen molar-refractivity contribution in [2.75, 3.05) is 27.1 Å². The zero-order valence-corrected chi connectivity index (χ0v) is 10.6. The second kappa shape index (κ2) is 6.14. The first-order valence-electron chi connectivity index (χ1n) is 5.80. The summed E-state index contributed by atoms with van der Waals surface area (Å²) in [4.78, 5) is 10.4. The highest BCUT2D eigenvalue weighted by molar-refractivity contribution is 5.64. The van der Waals surface area contributed by atoms with Crippen LogP contribution < -0.4 is 25.3 Å². The van der Waals surface area contributed by atoms with Gasteiger partial charge in [0.1, 0.15) is 6.61 Å². The Labute approximate surface area is 110 Å². The number of ether oxygens (including phenoxy) is 4. The molecule has 0 saturated heterocycles. The summed E-state index contributed by atoms with van der Waals surface area (Å²) in [5, 5.41) is 3.11. The number of nitrogens with two attached hydrogens (primary N) is 1. The van der Waals surface area contributed by atoms with E-state index in [1.54, 1.807) is 7.11 Å². The predicted octanol–water partition coefficient (Wildman–Crippen LogP) is 0.609. The Kier molecular flexibility index (Phi) is 4.30. The summed E-state index contributed by atoms with van der Waals surface area (Å²) >= 11 is 0. The van der Waals surface area contributed by atoms with Crippen LogP contribution >= 0.6 is 0 Å². The maximum Gasteiger partial charge on any atom is 0.404 e. The third kappa shape index (κ3) is 3.41. The maximum atomic E-state index is 10.4. The lowest BCUT2D eigenvalue weighted by Crippen LogP contribution is -2.23. The smallest absolute Gasteiger partial charge is 0.404 e. The number of nitrogens with one attached hydrogen (secondary N) is 1. The van der Waals surface area contributed by atoms with Crippen molar-refractivity contribution in [2.24, 2.45) is 5.73 Å². The van der Waals surface area contributed by atoms with Gasteiger partial charge >= 0.3 is 6.09 Å². The van der Waals surface area contributed by atoms with E-state index in [2.05, 4.69) is 10.1 Å². The molecule has 19 heavy (non-hydrogen) atoms. The highest BCUT2D eigenvalue weighted by atomic mass is 16.7. The highest BCUT2D eigenvalue weighted by Crippen LogP contribution is 2.41. The van der Waals surface area contributed by atoms with Crippen LogP contribution in [0.1, 0.15) is 5.56 Å². The number of hydrogen-bond donors (Lipinski definition) is 2. The summed E-state index contributed by atoms with van der Waals surface area (Å²) < 4.78 is 20.5. The summed E-state index contributed by atoms with van der Waals surface area (Å²) in [5.74, 6) is 1.94. The van der Waals surface area contributed by atoms with Gasteiger partial charge in [-0.15, -0.1) is 0 Å². The van der Waals surface area contributed by atoms with Gasteiger partial charge in [0.2, 0.25) is 12.5 Å². The van der Waals surface area contributed by atoms with Crippen LogP contribution in [0.4, 0.5) is 4.79 Å². The van der Waals surface area contributed by atoms with E-state index < -0.39 is 6.09 Å². The third-order valence-corrected chi connectivity index (χ3v) is 2.57. The van der Waals surface area contributed by atoms with Crippen LogP contribution in [0.2, 0.25) is 0 Å². The minimum absolute atomic E-state index is 0.203. The second-order valence-electron chi connectivity index (χ2n) is 3.88. The highest BCUT2D eigenvalue weighted by Gasteiger charge is 2.19. The Morgan fingerprint density at radius 2 is 2.32 bits per heavy atom. The van der Waals surface area contributed by atoms with Crippen molar-refractivity contribution in [3.63, 3.8) is 0 Å². The monoisotopic (exact) mass is 268 g/mol. The van der Waals surface area contributed by atoms with Gasteiger partial charge in [-0.3, -0.25) is 0 Å². The molecule has 3 N–H and O–H groups in total.